The van der Waals surface area contributed by atoms with Gasteiger partial charge in [-0.05, 0) is 44.1 Å². The Labute approximate surface area is 133 Å². The maximum atomic E-state index is 11.3. The van der Waals surface area contributed by atoms with Crippen LogP contribution in [0.1, 0.15) is 41.9 Å². The number of carbonyl (C=O) groups excluding carboxylic acids is 1. The van der Waals surface area contributed by atoms with E-state index in [2.05, 4.69) is 16.9 Å². The first kappa shape index (κ1) is 13.9. The fourth-order valence-corrected chi connectivity index (χ4v) is 4.58. The van der Waals surface area contributed by atoms with E-state index in [0.29, 0.717) is 11.9 Å². The predicted molar refractivity (Wildman–Crippen MR) is 88.4 cm³/mol. The van der Waals surface area contributed by atoms with Crippen molar-refractivity contribution < 1.29 is 4.79 Å². The molecule has 22 heavy (non-hydrogen) atoms. The zero-order chi connectivity index (χ0) is 15.3. The molecule has 0 saturated heterocycles. The van der Waals surface area contributed by atoms with Crippen LogP contribution in [0.4, 0.5) is 5.82 Å². The molecule has 5 nitrogen and oxygen atoms in total. The van der Waals surface area contributed by atoms with Gasteiger partial charge < -0.3 is 10.6 Å². The second kappa shape index (κ2) is 5.19. The maximum Gasteiger partial charge on any atom is 0.225 e. The lowest BCUT2D eigenvalue weighted by molar-refractivity contribution is -0.117. The minimum atomic E-state index is -0.374. The highest BCUT2D eigenvalue weighted by atomic mass is 32.1. The highest BCUT2D eigenvalue weighted by molar-refractivity contribution is 7.19. The van der Waals surface area contributed by atoms with Crippen LogP contribution in [-0.4, -0.2) is 29.0 Å². The smallest absolute Gasteiger partial charge is 0.225 e. The number of anilines is 1. The summed E-state index contributed by atoms with van der Waals surface area (Å²) in [6, 6.07) is 0.582. The lowest BCUT2D eigenvalue weighted by Gasteiger charge is -2.20. The van der Waals surface area contributed by atoms with E-state index in [9.17, 15) is 4.79 Å². The molecular formula is C16H20N4OS. The van der Waals surface area contributed by atoms with Crippen LogP contribution in [0.3, 0.4) is 0 Å². The number of carbonyl (C=O) groups is 1. The third-order valence-electron chi connectivity index (χ3n) is 4.60. The minimum Gasteiger partial charge on any atom is -0.369 e. The Kier molecular flexibility index (Phi) is 3.29. The third kappa shape index (κ3) is 2.35. The molecule has 2 N–H and O–H groups in total. The topological polar surface area (TPSA) is 72.1 Å². The molecule has 6 heteroatoms. The predicted octanol–water partition coefficient (Wildman–Crippen LogP) is 2.20. The van der Waals surface area contributed by atoms with Gasteiger partial charge in [0.15, 0.2) is 0 Å². The van der Waals surface area contributed by atoms with E-state index in [1.165, 1.54) is 41.5 Å². The Morgan fingerprint density at radius 1 is 1.32 bits per heavy atom. The van der Waals surface area contributed by atoms with Gasteiger partial charge in [-0.1, -0.05) is 0 Å². The number of nitrogens with zero attached hydrogens (tertiary/aromatic N) is 3. The van der Waals surface area contributed by atoms with Gasteiger partial charge in [-0.2, -0.15) is 0 Å². The van der Waals surface area contributed by atoms with Crippen molar-refractivity contribution in [1.82, 2.24) is 9.97 Å². The molecule has 0 spiro atoms. The largest absolute Gasteiger partial charge is 0.369 e. The normalized spacial score (nSPS) is 17.5. The van der Waals surface area contributed by atoms with Gasteiger partial charge >= 0.3 is 0 Å². The SMILES string of the molecule is CN(c1nc(CC(N)=O)nc2sc3c(c12)CCCC3)C1CC1. The molecule has 2 aromatic rings. The van der Waals surface area contributed by atoms with E-state index in [1.54, 1.807) is 11.3 Å². The highest BCUT2D eigenvalue weighted by Gasteiger charge is 2.31. The Hall–Kier alpha value is -1.69. The molecule has 2 aliphatic carbocycles. The van der Waals surface area contributed by atoms with E-state index < -0.39 is 0 Å². The lowest BCUT2D eigenvalue weighted by atomic mass is 9.97. The van der Waals surface area contributed by atoms with Crippen molar-refractivity contribution in [3.63, 3.8) is 0 Å². The van der Waals surface area contributed by atoms with Crippen molar-refractivity contribution in [1.29, 1.82) is 0 Å². The molecule has 0 bridgehead atoms. The molecule has 0 unspecified atom stereocenters. The van der Waals surface area contributed by atoms with E-state index in [0.717, 1.165) is 23.5 Å². The lowest BCUT2D eigenvalue weighted by Crippen LogP contribution is -2.23. The number of primary amides is 1. The molecule has 4 rings (SSSR count). The summed E-state index contributed by atoms with van der Waals surface area (Å²) in [6.45, 7) is 0. The first-order chi connectivity index (χ1) is 10.6. The van der Waals surface area contributed by atoms with Gasteiger partial charge in [-0.15, -0.1) is 11.3 Å². The number of hydrogen-bond acceptors (Lipinski definition) is 5. The van der Waals surface area contributed by atoms with Crippen LogP contribution in [0.25, 0.3) is 10.2 Å². The Morgan fingerprint density at radius 3 is 2.82 bits per heavy atom. The second-order valence-corrected chi connectivity index (χ2v) is 7.42. The standard InChI is InChI=1S/C16H20N4OS/c1-20(9-6-7-9)15-14-10-4-2-3-5-11(10)22-16(14)19-13(18-15)8-12(17)21/h9H,2-8H2,1H3,(H2,17,21). The summed E-state index contributed by atoms with van der Waals surface area (Å²) >= 11 is 1.77. The maximum absolute atomic E-state index is 11.3. The molecule has 1 fully saturated rings. The van der Waals surface area contributed by atoms with Gasteiger partial charge in [0.1, 0.15) is 16.5 Å². The summed E-state index contributed by atoms with van der Waals surface area (Å²) in [6.07, 6.45) is 7.33. The fourth-order valence-electron chi connectivity index (χ4n) is 3.31. The number of aromatic nitrogens is 2. The van der Waals surface area contributed by atoms with E-state index in [1.807, 2.05) is 0 Å². The molecule has 2 aromatic heterocycles. The molecule has 0 atom stereocenters. The molecule has 1 saturated carbocycles. The number of amides is 1. The molecule has 2 heterocycles. The summed E-state index contributed by atoms with van der Waals surface area (Å²) in [5.41, 5.74) is 6.78. The zero-order valence-electron chi connectivity index (χ0n) is 12.8. The van der Waals surface area contributed by atoms with Crippen LogP contribution in [0.2, 0.25) is 0 Å². The monoisotopic (exact) mass is 316 g/mol. The Bertz CT molecular complexity index is 750. The average molecular weight is 316 g/mol. The molecule has 0 radical (unpaired) electrons. The number of hydrogen-bond donors (Lipinski definition) is 1. The van der Waals surface area contributed by atoms with Gasteiger partial charge in [0, 0.05) is 18.0 Å². The van der Waals surface area contributed by atoms with Crippen LogP contribution in [0.5, 0.6) is 0 Å². The summed E-state index contributed by atoms with van der Waals surface area (Å²) in [4.78, 5) is 25.3. The van der Waals surface area contributed by atoms with E-state index in [-0.39, 0.29) is 12.3 Å². The molecule has 0 aliphatic heterocycles. The van der Waals surface area contributed by atoms with Crippen molar-refractivity contribution in [2.75, 3.05) is 11.9 Å². The number of fused-ring (bicyclic) bond motifs is 3. The van der Waals surface area contributed by atoms with Crippen molar-refractivity contribution in [2.45, 2.75) is 51.0 Å². The summed E-state index contributed by atoms with van der Waals surface area (Å²) < 4.78 is 0. The first-order valence-electron chi connectivity index (χ1n) is 7.96. The molecule has 2 aliphatic rings. The zero-order valence-corrected chi connectivity index (χ0v) is 13.6. The molecule has 116 valence electrons. The highest BCUT2D eigenvalue weighted by Crippen LogP contribution is 2.41. The summed E-state index contributed by atoms with van der Waals surface area (Å²) in [7, 11) is 2.11. The quantitative estimate of drug-likeness (QED) is 0.938. The second-order valence-electron chi connectivity index (χ2n) is 6.34. The van der Waals surface area contributed by atoms with Crippen LogP contribution in [0.15, 0.2) is 0 Å². The van der Waals surface area contributed by atoms with Gasteiger partial charge in [-0.3, -0.25) is 4.79 Å². The number of rotatable bonds is 4. The molecule has 1 amide bonds. The first-order valence-corrected chi connectivity index (χ1v) is 8.77. The van der Waals surface area contributed by atoms with Crippen LogP contribution in [0, 0.1) is 0 Å². The average Bonchev–Trinajstić information content (AvgIpc) is 3.26. The third-order valence-corrected chi connectivity index (χ3v) is 5.79. The van der Waals surface area contributed by atoms with Crippen LogP contribution >= 0.6 is 11.3 Å². The van der Waals surface area contributed by atoms with Gasteiger partial charge in [0.2, 0.25) is 5.91 Å². The molecular weight excluding hydrogens is 296 g/mol. The number of thiophene rings is 1. The molecule has 0 aromatic carbocycles. The number of nitrogens with two attached hydrogens (primary N) is 1. The Balaban J connectivity index is 1.90. The van der Waals surface area contributed by atoms with Crippen LogP contribution in [-0.2, 0) is 24.1 Å². The number of aryl methyl sites for hydroxylation is 2. The minimum absolute atomic E-state index is 0.115. The van der Waals surface area contributed by atoms with E-state index >= 15 is 0 Å². The fraction of sp³-hybridized carbons (Fsp3) is 0.562. The van der Waals surface area contributed by atoms with Crippen molar-refractivity contribution in [2.24, 2.45) is 5.73 Å². The van der Waals surface area contributed by atoms with Crippen molar-refractivity contribution in [3.05, 3.63) is 16.3 Å². The van der Waals surface area contributed by atoms with Gasteiger partial charge in [0.05, 0.1) is 11.8 Å². The summed E-state index contributed by atoms with van der Waals surface area (Å²) in [5, 5.41) is 1.22. The van der Waals surface area contributed by atoms with Crippen molar-refractivity contribution >= 4 is 33.3 Å². The van der Waals surface area contributed by atoms with Crippen molar-refractivity contribution in [3.8, 4) is 0 Å². The van der Waals surface area contributed by atoms with E-state index in [4.69, 9.17) is 10.7 Å². The van der Waals surface area contributed by atoms with Gasteiger partial charge in [0.25, 0.3) is 0 Å². The summed E-state index contributed by atoms with van der Waals surface area (Å²) in [5.74, 6) is 1.19. The Morgan fingerprint density at radius 2 is 2.09 bits per heavy atom. The van der Waals surface area contributed by atoms with Crippen LogP contribution < -0.4 is 10.6 Å². The van der Waals surface area contributed by atoms with Gasteiger partial charge in [-0.25, -0.2) is 9.97 Å².